The van der Waals surface area contributed by atoms with Crippen molar-refractivity contribution in [3.63, 3.8) is 0 Å². The van der Waals surface area contributed by atoms with E-state index >= 15 is 0 Å². The summed E-state index contributed by atoms with van der Waals surface area (Å²) in [6.07, 6.45) is 0. The number of aromatic hydroxyl groups is 1. The molecule has 0 spiro atoms. The fraction of sp³-hybridized carbons (Fsp3) is 0.133. The van der Waals surface area contributed by atoms with Gasteiger partial charge >= 0.3 is 0 Å². The SMILES string of the molecule is Cc1cc(F)c(NC(=O)c2ccc(O)cc2C)cc1F. The quantitative estimate of drug-likeness (QED) is 0.882. The topological polar surface area (TPSA) is 49.3 Å². The van der Waals surface area contributed by atoms with Gasteiger partial charge in [0.05, 0.1) is 5.69 Å². The van der Waals surface area contributed by atoms with E-state index in [0.717, 1.165) is 12.1 Å². The molecule has 3 nitrogen and oxygen atoms in total. The highest BCUT2D eigenvalue weighted by Gasteiger charge is 2.13. The summed E-state index contributed by atoms with van der Waals surface area (Å²) < 4.78 is 27.0. The normalized spacial score (nSPS) is 10.4. The minimum atomic E-state index is -0.700. The first-order valence-corrected chi connectivity index (χ1v) is 5.95. The van der Waals surface area contributed by atoms with Crippen LogP contribution in [0.2, 0.25) is 0 Å². The molecule has 0 bridgehead atoms. The van der Waals surface area contributed by atoms with Gasteiger partial charge in [-0.3, -0.25) is 4.79 Å². The minimum absolute atomic E-state index is 0.0339. The molecule has 0 unspecified atom stereocenters. The Morgan fingerprint density at radius 3 is 2.40 bits per heavy atom. The van der Waals surface area contributed by atoms with Gasteiger partial charge in [0.15, 0.2) is 0 Å². The number of amides is 1. The molecule has 104 valence electrons. The van der Waals surface area contributed by atoms with Crippen LogP contribution in [-0.2, 0) is 0 Å². The summed E-state index contributed by atoms with van der Waals surface area (Å²) in [6, 6.07) is 6.16. The zero-order chi connectivity index (χ0) is 14.9. The Hall–Kier alpha value is -2.43. The molecule has 0 heterocycles. The van der Waals surface area contributed by atoms with Crippen molar-refractivity contribution in [2.45, 2.75) is 13.8 Å². The number of halogens is 2. The summed E-state index contributed by atoms with van der Waals surface area (Å²) in [4.78, 5) is 12.0. The molecule has 0 aliphatic carbocycles. The highest BCUT2D eigenvalue weighted by Crippen LogP contribution is 2.21. The second-order valence-corrected chi connectivity index (χ2v) is 4.53. The largest absolute Gasteiger partial charge is 0.508 e. The monoisotopic (exact) mass is 277 g/mol. The molecule has 0 fully saturated rings. The molecule has 2 rings (SSSR count). The van der Waals surface area contributed by atoms with Gasteiger partial charge in [-0.05, 0) is 49.2 Å². The van der Waals surface area contributed by atoms with Crippen LogP contribution in [0.15, 0.2) is 30.3 Å². The lowest BCUT2D eigenvalue weighted by Gasteiger charge is -2.10. The average Bonchev–Trinajstić information content (AvgIpc) is 2.35. The number of carbonyl (C=O) groups excluding carboxylic acids is 1. The molecule has 20 heavy (non-hydrogen) atoms. The number of rotatable bonds is 2. The van der Waals surface area contributed by atoms with Gasteiger partial charge < -0.3 is 10.4 Å². The lowest BCUT2D eigenvalue weighted by Crippen LogP contribution is -2.14. The van der Waals surface area contributed by atoms with Gasteiger partial charge in [0.1, 0.15) is 17.4 Å². The summed E-state index contributed by atoms with van der Waals surface area (Å²) in [5, 5.41) is 11.6. The number of phenolic OH excluding ortho intramolecular Hbond substituents is 1. The molecule has 2 aromatic carbocycles. The Kier molecular flexibility index (Phi) is 3.70. The molecular formula is C15H13F2NO2. The standard InChI is InChI=1S/C15H13F2NO2/c1-8-5-10(19)3-4-11(8)15(20)18-14-7-12(16)9(2)6-13(14)17/h3-7,19H,1-2H3,(H,18,20). The van der Waals surface area contributed by atoms with Crippen LogP contribution in [0.3, 0.4) is 0 Å². The van der Waals surface area contributed by atoms with Gasteiger partial charge in [0, 0.05) is 11.6 Å². The van der Waals surface area contributed by atoms with Crippen LogP contribution in [0.1, 0.15) is 21.5 Å². The third kappa shape index (κ3) is 2.77. The van der Waals surface area contributed by atoms with Crippen molar-refractivity contribution in [3.05, 3.63) is 58.7 Å². The molecule has 0 saturated heterocycles. The maximum absolute atomic E-state index is 13.6. The van der Waals surface area contributed by atoms with Crippen LogP contribution in [0.5, 0.6) is 5.75 Å². The molecule has 1 amide bonds. The summed E-state index contributed by atoms with van der Waals surface area (Å²) in [5.74, 6) is -1.82. The van der Waals surface area contributed by atoms with E-state index in [9.17, 15) is 18.7 Å². The number of anilines is 1. The predicted octanol–water partition coefficient (Wildman–Crippen LogP) is 3.54. The smallest absolute Gasteiger partial charge is 0.256 e. The van der Waals surface area contributed by atoms with Crippen LogP contribution >= 0.6 is 0 Å². The third-order valence-corrected chi connectivity index (χ3v) is 2.95. The summed E-state index contributed by atoms with van der Waals surface area (Å²) >= 11 is 0. The van der Waals surface area contributed by atoms with E-state index in [1.165, 1.54) is 25.1 Å². The highest BCUT2D eigenvalue weighted by atomic mass is 19.1. The van der Waals surface area contributed by atoms with E-state index in [-0.39, 0.29) is 22.6 Å². The van der Waals surface area contributed by atoms with Crippen LogP contribution in [0, 0.1) is 25.5 Å². The average molecular weight is 277 g/mol. The molecule has 0 aliphatic rings. The number of aryl methyl sites for hydroxylation is 2. The van der Waals surface area contributed by atoms with Gasteiger partial charge in [0.25, 0.3) is 5.91 Å². The lowest BCUT2D eigenvalue weighted by atomic mass is 10.1. The van der Waals surface area contributed by atoms with Crippen molar-refractivity contribution in [2.75, 3.05) is 5.32 Å². The van der Waals surface area contributed by atoms with Gasteiger partial charge in [-0.2, -0.15) is 0 Å². The van der Waals surface area contributed by atoms with E-state index < -0.39 is 17.5 Å². The summed E-state index contributed by atoms with van der Waals surface area (Å²) in [5.41, 5.74) is 0.769. The molecule has 0 aromatic heterocycles. The van der Waals surface area contributed by atoms with Crippen molar-refractivity contribution >= 4 is 11.6 Å². The molecule has 0 atom stereocenters. The maximum atomic E-state index is 13.6. The molecule has 0 saturated carbocycles. The number of nitrogens with one attached hydrogen (secondary N) is 1. The molecule has 5 heteroatoms. The van der Waals surface area contributed by atoms with Gasteiger partial charge in [-0.15, -0.1) is 0 Å². The van der Waals surface area contributed by atoms with Crippen LogP contribution in [0.4, 0.5) is 14.5 Å². The van der Waals surface area contributed by atoms with Crippen molar-refractivity contribution in [1.29, 1.82) is 0 Å². The van der Waals surface area contributed by atoms with Crippen LogP contribution in [-0.4, -0.2) is 11.0 Å². The zero-order valence-electron chi connectivity index (χ0n) is 11.0. The second-order valence-electron chi connectivity index (χ2n) is 4.53. The summed E-state index contributed by atoms with van der Waals surface area (Å²) in [7, 11) is 0. The summed E-state index contributed by atoms with van der Waals surface area (Å²) in [6.45, 7) is 3.08. The maximum Gasteiger partial charge on any atom is 0.256 e. The van der Waals surface area contributed by atoms with E-state index in [2.05, 4.69) is 5.32 Å². The number of benzene rings is 2. The van der Waals surface area contributed by atoms with Crippen molar-refractivity contribution in [1.82, 2.24) is 0 Å². The van der Waals surface area contributed by atoms with Gasteiger partial charge in [-0.25, -0.2) is 8.78 Å². The minimum Gasteiger partial charge on any atom is -0.508 e. The van der Waals surface area contributed by atoms with Gasteiger partial charge in [0.2, 0.25) is 0 Å². The predicted molar refractivity (Wildman–Crippen MR) is 71.9 cm³/mol. The molecule has 2 N–H and O–H groups in total. The third-order valence-electron chi connectivity index (χ3n) is 2.95. The second kappa shape index (κ2) is 5.28. The Bertz CT molecular complexity index is 684. The highest BCUT2D eigenvalue weighted by molar-refractivity contribution is 6.05. The fourth-order valence-corrected chi connectivity index (χ4v) is 1.83. The molecule has 2 aromatic rings. The van der Waals surface area contributed by atoms with Crippen LogP contribution < -0.4 is 5.32 Å². The van der Waals surface area contributed by atoms with Crippen LogP contribution in [0.25, 0.3) is 0 Å². The number of hydrogen-bond donors (Lipinski definition) is 2. The number of hydrogen-bond acceptors (Lipinski definition) is 2. The first-order valence-electron chi connectivity index (χ1n) is 5.95. The molecular weight excluding hydrogens is 264 g/mol. The Morgan fingerprint density at radius 1 is 1.05 bits per heavy atom. The Morgan fingerprint density at radius 2 is 1.75 bits per heavy atom. The van der Waals surface area contributed by atoms with E-state index in [0.29, 0.717) is 5.56 Å². The molecule has 0 radical (unpaired) electrons. The zero-order valence-corrected chi connectivity index (χ0v) is 11.0. The van der Waals surface area contributed by atoms with Crippen molar-refractivity contribution < 1.29 is 18.7 Å². The van der Waals surface area contributed by atoms with E-state index in [1.54, 1.807) is 6.92 Å². The Labute approximate surface area is 114 Å². The lowest BCUT2D eigenvalue weighted by molar-refractivity contribution is 0.102. The Balaban J connectivity index is 2.30. The van der Waals surface area contributed by atoms with Crippen molar-refractivity contribution in [2.24, 2.45) is 0 Å². The first-order chi connectivity index (χ1) is 9.38. The molecule has 0 aliphatic heterocycles. The van der Waals surface area contributed by atoms with Crippen molar-refractivity contribution in [3.8, 4) is 5.75 Å². The first kappa shape index (κ1) is 14.0. The van der Waals surface area contributed by atoms with E-state index in [1.807, 2.05) is 0 Å². The number of carbonyl (C=O) groups is 1. The fourth-order valence-electron chi connectivity index (χ4n) is 1.83. The van der Waals surface area contributed by atoms with E-state index in [4.69, 9.17) is 0 Å². The number of phenols is 1. The van der Waals surface area contributed by atoms with Gasteiger partial charge in [-0.1, -0.05) is 0 Å².